The zero-order valence-corrected chi connectivity index (χ0v) is 25.3. The highest BCUT2D eigenvalue weighted by atomic mass is 35.5. The Morgan fingerprint density at radius 2 is 2.02 bits per heavy atom. The van der Waals surface area contributed by atoms with Crippen molar-refractivity contribution in [2.75, 3.05) is 6.61 Å². The van der Waals surface area contributed by atoms with Crippen molar-refractivity contribution in [1.29, 1.82) is 5.41 Å². The molecule has 1 saturated heterocycles. The Hall–Kier alpha value is -3.53. The number of hydrogen-bond donors (Lipinski definition) is 4. The molecule has 1 aliphatic rings. The standard InChI is InChI=1S/C33H40ClFN6O2/c1-20(36)5-4-6-21-15-27(31(35)28(34)16-21)29-18-24-19-41(33(42)40-32(24)39-29)25-11-9-22(10-12-25)23-13-14-43-26(17-23)7-2-3-8-30(37)38/h9-12,15-16,18-20,23,26H,2-8,13-14,17,36H2,1H3,(H3,37,38)(H,39,40,42)/t20-,23+,26-/m0/s1. The number of aryl methyl sites for hydroxylation is 1. The molecule has 0 amide bonds. The summed E-state index contributed by atoms with van der Waals surface area (Å²) >= 11 is 6.25. The van der Waals surface area contributed by atoms with Crippen LogP contribution in [0.2, 0.25) is 5.02 Å². The molecule has 1 aliphatic heterocycles. The van der Waals surface area contributed by atoms with E-state index in [1.54, 1.807) is 24.4 Å². The average molecular weight is 607 g/mol. The molecule has 0 bridgehead atoms. The molecular formula is C33H40ClFN6O2. The van der Waals surface area contributed by atoms with E-state index in [-0.39, 0.29) is 23.0 Å². The van der Waals surface area contributed by atoms with E-state index in [2.05, 4.69) is 22.1 Å². The van der Waals surface area contributed by atoms with Crippen LogP contribution in [-0.4, -0.2) is 39.1 Å². The van der Waals surface area contributed by atoms with Crippen LogP contribution in [0.25, 0.3) is 28.0 Å². The molecule has 2 aromatic carbocycles. The van der Waals surface area contributed by atoms with Crippen molar-refractivity contribution in [2.45, 2.75) is 82.8 Å². The number of nitrogens with one attached hydrogen (secondary N) is 2. The number of fused-ring (bicyclic) bond motifs is 1. The quantitative estimate of drug-likeness (QED) is 0.0818. The molecule has 10 heteroatoms. The Bertz CT molecular complexity index is 1630. The van der Waals surface area contributed by atoms with Crippen LogP contribution in [0.5, 0.6) is 0 Å². The van der Waals surface area contributed by atoms with Gasteiger partial charge in [0, 0.05) is 36.2 Å². The number of nitrogens with two attached hydrogens (primary N) is 2. The Kier molecular flexibility index (Phi) is 9.95. The third-order valence-corrected chi connectivity index (χ3v) is 8.52. The van der Waals surface area contributed by atoms with Gasteiger partial charge in [0.15, 0.2) is 5.82 Å². The molecule has 3 heterocycles. The monoisotopic (exact) mass is 606 g/mol. The fourth-order valence-electron chi connectivity index (χ4n) is 5.92. The lowest BCUT2D eigenvalue weighted by atomic mass is 9.87. The molecule has 6 N–H and O–H groups in total. The fraction of sp³-hybridized carbons (Fsp3) is 0.424. The lowest BCUT2D eigenvalue weighted by molar-refractivity contribution is 0.000716. The number of halogens is 2. The third-order valence-electron chi connectivity index (χ3n) is 8.24. The minimum atomic E-state index is -0.513. The van der Waals surface area contributed by atoms with Crippen LogP contribution in [0.15, 0.2) is 53.5 Å². The Labute approximate surface area is 256 Å². The van der Waals surface area contributed by atoms with Crippen LogP contribution < -0.4 is 17.2 Å². The zero-order valence-electron chi connectivity index (χ0n) is 24.5. The number of aromatic amines is 1. The van der Waals surface area contributed by atoms with E-state index in [0.29, 0.717) is 40.3 Å². The normalized spacial score (nSPS) is 17.8. The average Bonchev–Trinajstić information content (AvgIpc) is 3.39. The highest BCUT2D eigenvalue weighted by Gasteiger charge is 2.24. The zero-order chi connectivity index (χ0) is 30.5. The van der Waals surface area contributed by atoms with Gasteiger partial charge in [0.05, 0.1) is 28.3 Å². The van der Waals surface area contributed by atoms with Crippen LogP contribution in [-0.2, 0) is 11.2 Å². The Morgan fingerprint density at radius 3 is 2.77 bits per heavy atom. The summed E-state index contributed by atoms with van der Waals surface area (Å²) in [5.41, 5.74) is 15.0. The highest BCUT2D eigenvalue weighted by molar-refractivity contribution is 6.31. The van der Waals surface area contributed by atoms with Crippen molar-refractivity contribution in [2.24, 2.45) is 11.5 Å². The molecule has 0 aliphatic carbocycles. The molecule has 2 aromatic heterocycles. The van der Waals surface area contributed by atoms with Gasteiger partial charge >= 0.3 is 5.69 Å². The number of H-pyrrole nitrogens is 1. The minimum absolute atomic E-state index is 0.0587. The molecule has 8 nitrogen and oxygen atoms in total. The predicted octanol–water partition coefficient (Wildman–Crippen LogP) is 6.60. The predicted molar refractivity (Wildman–Crippen MR) is 171 cm³/mol. The van der Waals surface area contributed by atoms with Gasteiger partial charge in [-0.05, 0) is 99.2 Å². The van der Waals surface area contributed by atoms with E-state index < -0.39 is 11.5 Å². The molecule has 3 atom stereocenters. The fourth-order valence-corrected chi connectivity index (χ4v) is 6.16. The minimum Gasteiger partial charge on any atom is -0.388 e. The topological polar surface area (TPSA) is 136 Å². The maximum atomic E-state index is 15.1. The molecular weight excluding hydrogens is 567 g/mol. The highest BCUT2D eigenvalue weighted by Crippen LogP contribution is 2.33. The maximum Gasteiger partial charge on any atom is 0.354 e. The first-order valence-corrected chi connectivity index (χ1v) is 15.5. The molecule has 0 radical (unpaired) electrons. The van der Waals surface area contributed by atoms with Crippen LogP contribution in [0.1, 0.15) is 75.3 Å². The Balaban J connectivity index is 1.32. The SMILES string of the molecule is C[C@H](N)CCCc1cc(Cl)c(F)c(-c2cc3cn(-c4ccc([C@@H]5CCO[C@@H](CCCCC(=N)N)C5)cc4)c(=O)nc3[nH]2)c1. The van der Waals surface area contributed by atoms with Crippen LogP contribution in [0.3, 0.4) is 0 Å². The van der Waals surface area contributed by atoms with Gasteiger partial charge < -0.3 is 21.2 Å². The first-order valence-electron chi connectivity index (χ1n) is 15.1. The molecule has 43 heavy (non-hydrogen) atoms. The lowest BCUT2D eigenvalue weighted by Crippen LogP contribution is -2.25. The van der Waals surface area contributed by atoms with Crippen LogP contribution in [0.4, 0.5) is 4.39 Å². The van der Waals surface area contributed by atoms with Crippen molar-refractivity contribution in [3.05, 3.63) is 81.1 Å². The van der Waals surface area contributed by atoms with Crippen molar-refractivity contribution >= 4 is 28.5 Å². The summed E-state index contributed by atoms with van der Waals surface area (Å²) in [4.78, 5) is 20.4. The summed E-state index contributed by atoms with van der Waals surface area (Å²) in [6, 6.07) is 13.4. The summed E-state index contributed by atoms with van der Waals surface area (Å²) in [6.07, 6.45) is 9.84. The van der Waals surface area contributed by atoms with E-state index >= 15 is 4.39 Å². The first-order chi connectivity index (χ1) is 20.7. The van der Waals surface area contributed by atoms with Crippen molar-refractivity contribution in [3.63, 3.8) is 0 Å². The van der Waals surface area contributed by atoms with Gasteiger partial charge in [-0.1, -0.05) is 30.2 Å². The number of ether oxygens (including phenoxy) is 1. The van der Waals surface area contributed by atoms with Gasteiger partial charge in [0.25, 0.3) is 0 Å². The van der Waals surface area contributed by atoms with Gasteiger partial charge in [-0.2, -0.15) is 4.98 Å². The Morgan fingerprint density at radius 1 is 1.23 bits per heavy atom. The summed E-state index contributed by atoms with van der Waals surface area (Å²) in [5.74, 6) is 0.115. The molecule has 1 fully saturated rings. The van der Waals surface area contributed by atoms with E-state index in [9.17, 15) is 4.79 Å². The van der Waals surface area contributed by atoms with Crippen molar-refractivity contribution in [3.8, 4) is 16.9 Å². The largest absolute Gasteiger partial charge is 0.388 e. The summed E-state index contributed by atoms with van der Waals surface area (Å²) in [7, 11) is 0. The second-order valence-electron chi connectivity index (χ2n) is 11.8. The number of aromatic nitrogens is 3. The second kappa shape index (κ2) is 13.8. The van der Waals surface area contributed by atoms with E-state index in [4.69, 9.17) is 33.2 Å². The number of unbranched alkanes of at least 4 members (excludes halogenated alkanes) is 1. The molecule has 0 saturated carbocycles. The molecule has 228 valence electrons. The molecule has 5 rings (SSSR count). The van der Waals surface area contributed by atoms with Crippen LogP contribution in [0, 0.1) is 11.2 Å². The van der Waals surface area contributed by atoms with Gasteiger partial charge in [-0.15, -0.1) is 0 Å². The van der Waals surface area contributed by atoms with E-state index in [1.807, 2.05) is 19.1 Å². The first kappa shape index (κ1) is 30.9. The molecule has 0 spiro atoms. The van der Waals surface area contributed by atoms with Crippen LogP contribution >= 0.6 is 11.6 Å². The van der Waals surface area contributed by atoms with Gasteiger partial charge in [-0.3, -0.25) is 9.98 Å². The van der Waals surface area contributed by atoms with Gasteiger partial charge in [0.1, 0.15) is 5.65 Å². The number of rotatable bonds is 12. The third kappa shape index (κ3) is 7.71. The molecule has 4 aromatic rings. The van der Waals surface area contributed by atoms with Crippen molar-refractivity contribution in [1.82, 2.24) is 14.5 Å². The maximum absolute atomic E-state index is 15.1. The molecule has 0 unspecified atom stereocenters. The van der Waals surface area contributed by atoms with E-state index in [0.717, 1.165) is 63.5 Å². The second-order valence-corrected chi connectivity index (χ2v) is 12.2. The van der Waals surface area contributed by atoms with Crippen molar-refractivity contribution < 1.29 is 9.13 Å². The smallest absolute Gasteiger partial charge is 0.354 e. The summed E-state index contributed by atoms with van der Waals surface area (Å²) in [5, 5.41) is 8.13. The summed E-state index contributed by atoms with van der Waals surface area (Å²) in [6.45, 7) is 2.69. The van der Waals surface area contributed by atoms with Gasteiger partial charge in [-0.25, -0.2) is 9.18 Å². The summed E-state index contributed by atoms with van der Waals surface area (Å²) < 4.78 is 22.6. The lowest BCUT2D eigenvalue weighted by Gasteiger charge is -2.30. The van der Waals surface area contributed by atoms with Gasteiger partial charge in [0.2, 0.25) is 0 Å². The number of benzene rings is 2. The number of nitrogens with zero attached hydrogens (tertiary/aromatic N) is 2. The number of hydrogen-bond acceptors (Lipinski definition) is 5. The number of amidine groups is 1. The van der Waals surface area contributed by atoms with E-state index in [1.165, 1.54) is 10.1 Å².